The molecule has 0 spiro atoms. The molecule has 25 heavy (non-hydrogen) atoms. The van der Waals surface area contributed by atoms with Gasteiger partial charge in [-0.1, -0.05) is 29.8 Å². The Kier molecular flexibility index (Phi) is 5.36. The van der Waals surface area contributed by atoms with E-state index in [-0.39, 0.29) is 11.5 Å². The van der Waals surface area contributed by atoms with E-state index in [0.29, 0.717) is 6.42 Å². The molecule has 0 aliphatic carbocycles. The molecule has 5 heteroatoms. The Balaban J connectivity index is 1.50. The van der Waals surface area contributed by atoms with Gasteiger partial charge in [0.25, 0.3) is 10.1 Å². The maximum atomic E-state index is 12.1. The van der Waals surface area contributed by atoms with E-state index in [4.69, 9.17) is 4.18 Å². The van der Waals surface area contributed by atoms with E-state index >= 15 is 0 Å². The van der Waals surface area contributed by atoms with Crippen LogP contribution in [0.2, 0.25) is 0 Å². The molecule has 2 aromatic carbocycles. The van der Waals surface area contributed by atoms with Crippen molar-refractivity contribution in [1.29, 1.82) is 0 Å². The molecule has 0 atom stereocenters. The largest absolute Gasteiger partial charge is 0.324 e. The number of hydrogen-bond acceptors (Lipinski definition) is 3. The third-order valence-electron chi connectivity index (χ3n) is 4.00. The Morgan fingerprint density at radius 1 is 0.920 bits per heavy atom. The zero-order chi connectivity index (χ0) is 17.7. The van der Waals surface area contributed by atoms with Gasteiger partial charge in [0, 0.05) is 18.1 Å². The molecular formula is C20H21NO3S. The summed E-state index contributed by atoms with van der Waals surface area (Å²) in [6, 6.07) is 18.9. The Labute approximate surface area is 148 Å². The van der Waals surface area contributed by atoms with Crippen LogP contribution in [0.1, 0.15) is 17.5 Å². The lowest BCUT2D eigenvalue weighted by molar-refractivity contribution is 0.312. The second-order valence-corrected chi connectivity index (χ2v) is 7.56. The fourth-order valence-corrected chi connectivity index (χ4v) is 3.50. The molecule has 0 bridgehead atoms. The van der Waals surface area contributed by atoms with Crippen molar-refractivity contribution >= 4 is 10.1 Å². The number of hydrogen-bond donors (Lipinski definition) is 0. The van der Waals surface area contributed by atoms with Crippen molar-refractivity contribution in [3.8, 4) is 5.69 Å². The van der Waals surface area contributed by atoms with Gasteiger partial charge in [-0.05, 0) is 61.7 Å². The van der Waals surface area contributed by atoms with Gasteiger partial charge in [0.2, 0.25) is 0 Å². The normalized spacial score (nSPS) is 11.6. The molecule has 3 rings (SSSR count). The van der Waals surface area contributed by atoms with Gasteiger partial charge in [0.1, 0.15) is 0 Å². The molecule has 0 saturated carbocycles. The van der Waals surface area contributed by atoms with E-state index in [1.54, 1.807) is 24.3 Å². The molecule has 1 heterocycles. The number of aromatic nitrogens is 1. The van der Waals surface area contributed by atoms with Gasteiger partial charge < -0.3 is 4.57 Å². The first-order chi connectivity index (χ1) is 12.0. The van der Waals surface area contributed by atoms with Crippen LogP contribution in [0.3, 0.4) is 0 Å². The first-order valence-corrected chi connectivity index (χ1v) is 9.64. The van der Waals surface area contributed by atoms with Gasteiger partial charge in [-0.25, -0.2) is 0 Å². The van der Waals surface area contributed by atoms with E-state index < -0.39 is 10.1 Å². The molecule has 0 fully saturated rings. The summed E-state index contributed by atoms with van der Waals surface area (Å²) in [5.74, 6) is 0. The molecule has 0 aliphatic heterocycles. The highest BCUT2D eigenvalue weighted by Gasteiger charge is 2.14. The van der Waals surface area contributed by atoms with Crippen LogP contribution in [0.5, 0.6) is 0 Å². The zero-order valence-electron chi connectivity index (χ0n) is 14.1. The lowest BCUT2D eigenvalue weighted by atomic mass is 10.1. The van der Waals surface area contributed by atoms with Crippen LogP contribution in [0.4, 0.5) is 0 Å². The number of aryl methyl sites for hydroxylation is 2. The first-order valence-electron chi connectivity index (χ1n) is 8.23. The van der Waals surface area contributed by atoms with Crippen LogP contribution >= 0.6 is 0 Å². The van der Waals surface area contributed by atoms with Gasteiger partial charge in [0.05, 0.1) is 11.5 Å². The van der Waals surface area contributed by atoms with Crippen molar-refractivity contribution in [2.45, 2.75) is 24.7 Å². The molecular weight excluding hydrogens is 334 g/mol. The molecule has 0 unspecified atom stereocenters. The molecule has 0 aliphatic rings. The average molecular weight is 355 g/mol. The smallest absolute Gasteiger partial charge is 0.296 e. The Hall–Kier alpha value is -2.37. The average Bonchev–Trinajstić information content (AvgIpc) is 3.14. The molecule has 130 valence electrons. The summed E-state index contributed by atoms with van der Waals surface area (Å²) in [7, 11) is -3.67. The number of rotatable bonds is 7. The Morgan fingerprint density at radius 2 is 1.56 bits per heavy atom. The number of nitrogens with zero attached hydrogens (tertiary/aromatic N) is 1. The highest BCUT2D eigenvalue weighted by atomic mass is 32.2. The van der Waals surface area contributed by atoms with Crippen LogP contribution in [0.25, 0.3) is 5.69 Å². The van der Waals surface area contributed by atoms with E-state index in [2.05, 4.69) is 24.3 Å². The standard InChI is InChI=1S/C20H21NO3S/c1-17-6-12-20(13-7-17)25(22,23)24-16-4-5-18-8-10-19(11-9-18)21-14-2-3-15-21/h2-3,6-15H,4-5,16H2,1H3. The highest BCUT2D eigenvalue weighted by Crippen LogP contribution is 2.15. The van der Waals surface area contributed by atoms with Crippen molar-refractivity contribution in [1.82, 2.24) is 4.57 Å². The monoisotopic (exact) mass is 355 g/mol. The van der Waals surface area contributed by atoms with Crippen molar-refractivity contribution in [3.63, 3.8) is 0 Å². The lowest BCUT2D eigenvalue weighted by Crippen LogP contribution is -2.08. The maximum absolute atomic E-state index is 12.1. The summed E-state index contributed by atoms with van der Waals surface area (Å²) in [5, 5.41) is 0. The van der Waals surface area contributed by atoms with E-state index in [9.17, 15) is 8.42 Å². The zero-order valence-corrected chi connectivity index (χ0v) is 14.9. The predicted octanol–water partition coefficient (Wildman–Crippen LogP) is 4.12. The molecule has 0 N–H and O–H groups in total. The minimum absolute atomic E-state index is 0.176. The minimum Gasteiger partial charge on any atom is -0.324 e. The van der Waals surface area contributed by atoms with Crippen LogP contribution < -0.4 is 0 Å². The minimum atomic E-state index is -3.67. The van der Waals surface area contributed by atoms with Crippen molar-refractivity contribution < 1.29 is 12.6 Å². The van der Waals surface area contributed by atoms with Gasteiger partial charge >= 0.3 is 0 Å². The van der Waals surface area contributed by atoms with Crippen LogP contribution in [-0.4, -0.2) is 19.6 Å². The lowest BCUT2D eigenvalue weighted by Gasteiger charge is -2.07. The molecule has 0 saturated heterocycles. The fourth-order valence-electron chi connectivity index (χ4n) is 2.56. The van der Waals surface area contributed by atoms with E-state index in [0.717, 1.165) is 23.2 Å². The Morgan fingerprint density at radius 3 is 2.20 bits per heavy atom. The molecule has 1 aromatic heterocycles. The second-order valence-electron chi connectivity index (χ2n) is 5.95. The molecule has 0 radical (unpaired) electrons. The summed E-state index contributed by atoms with van der Waals surface area (Å²) in [4.78, 5) is 0.203. The first kappa shape index (κ1) is 17.5. The van der Waals surface area contributed by atoms with Crippen LogP contribution in [0.15, 0.2) is 78.0 Å². The quantitative estimate of drug-likeness (QED) is 0.473. The summed E-state index contributed by atoms with van der Waals surface area (Å²) in [5.41, 5.74) is 3.28. The number of benzene rings is 2. The van der Waals surface area contributed by atoms with Crippen LogP contribution in [-0.2, 0) is 20.7 Å². The molecule has 4 nitrogen and oxygen atoms in total. The van der Waals surface area contributed by atoms with Crippen molar-refractivity contribution in [2.75, 3.05) is 6.61 Å². The van der Waals surface area contributed by atoms with Crippen molar-refractivity contribution in [3.05, 3.63) is 84.2 Å². The van der Waals surface area contributed by atoms with Crippen LogP contribution in [0, 0.1) is 6.92 Å². The second kappa shape index (κ2) is 7.68. The fraction of sp³-hybridized carbons (Fsp3) is 0.200. The summed E-state index contributed by atoms with van der Waals surface area (Å²) < 4.78 is 31.4. The maximum Gasteiger partial charge on any atom is 0.296 e. The topological polar surface area (TPSA) is 48.3 Å². The summed E-state index contributed by atoms with van der Waals surface area (Å²) >= 11 is 0. The third kappa shape index (κ3) is 4.59. The van der Waals surface area contributed by atoms with E-state index in [1.807, 2.05) is 36.0 Å². The SMILES string of the molecule is Cc1ccc(S(=O)(=O)OCCCc2ccc(-n3cccc3)cc2)cc1. The predicted molar refractivity (Wildman–Crippen MR) is 98.4 cm³/mol. The highest BCUT2D eigenvalue weighted by molar-refractivity contribution is 7.86. The van der Waals surface area contributed by atoms with Crippen molar-refractivity contribution in [2.24, 2.45) is 0 Å². The van der Waals surface area contributed by atoms with Gasteiger partial charge in [-0.2, -0.15) is 8.42 Å². The molecule has 3 aromatic rings. The van der Waals surface area contributed by atoms with Gasteiger partial charge in [-0.3, -0.25) is 4.18 Å². The summed E-state index contributed by atoms with van der Waals surface area (Å²) in [6.45, 7) is 2.09. The summed E-state index contributed by atoms with van der Waals surface area (Å²) in [6.07, 6.45) is 5.42. The third-order valence-corrected chi connectivity index (χ3v) is 5.32. The molecule has 0 amide bonds. The van der Waals surface area contributed by atoms with E-state index in [1.165, 1.54) is 0 Å². The van der Waals surface area contributed by atoms with Gasteiger partial charge in [-0.15, -0.1) is 0 Å². The van der Waals surface area contributed by atoms with Gasteiger partial charge in [0.15, 0.2) is 0 Å². The Bertz CT molecular complexity index is 897.